The number of aromatic amines is 2. The van der Waals surface area contributed by atoms with E-state index in [1.54, 1.807) is 0 Å². The topological polar surface area (TPSA) is 75.8 Å². The maximum absolute atomic E-state index is 12.8. The third-order valence-electron chi connectivity index (χ3n) is 6.13. The van der Waals surface area contributed by atoms with Gasteiger partial charge in [0, 0.05) is 33.2 Å². The lowest BCUT2D eigenvalue weighted by molar-refractivity contribution is 0.0567. The number of halogens is 2. The van der Waals surface area contributed by atoms with Gasteiger partial charge in [-0.05, 0) is 74.5 Å². The van der Waals surface area contributed by atoms with Crippen LogP contribution in [-0.2, 0) is 9.47 Å². The van der Waals surface area contributed by atoms with Crippen molar-refractivity contribution in [1.29, 1.82) is 0 Å². The summed E-state index contributed by atoms with van der Waals surface area (Å²) in [6, 6.07) is 11.8. The highest BCUT2D eigenvalue weighted by Gasteiger charge is 2.14. The van der Waals surface area contributed by atoms with Crippen molar-refractivity contribution in [2.45, 2.75) is 26.1 Å². The molecule has 3 aromatic heterocycles. The highest BCUT2D eigenvalue weighted by molar-refractivity contribution is 5.79. The van der Waals surface area contributed by atoms with E-state index in [4.69, 9.17) is 14.5 Å². The number of rotatable bonds is 8. The Morgan fingerprint density at radius 3 is 1.61 bits per heavy atom. The minimum Gasteiger partial charge on any atom is -0.371 e. The molecule has 5 heterocycles. The first kappa shape index (κ1) is 24.1. The second-order valence-electron chi connectivity index (χ2n) is 8.76. The van der Waals surface area contributed by atoms with Gasteiger partial charge in [-0.3, -0.25) is 0 Å². The Labute approximate surface area is 207 Å². The summed E-state index contributed by atoms with van der Waals surface area (Å²) >= 11 is 0. The molecule has 5 rings (SSSR count). The molecule has 0 fully saturated rings. The molecule has 6 nitrogen and oxygen atoms in total. The number of nitrogens with zero attached hydrogens (tertiary/aromatic N) is 2. The molecule has 2 atom stereocenters. The molecule has 186 valence electrons. The van der Waals surface area contributed by atoms with Crippen LogP contribution in [0.1, 0.15) is 60.0 Å². The Kier molecular flexibility index (Phi) is 7.06. The van der Waals surface area contributed by atoms with Crippen molar-refractivity contribution in [3.05, 3.63) is 70.3 Å². The highest BCUT2D eigenvalue weighted by Crippen LogP contribution is 2.28. The van der Waals surface area contributed by atoms with Crippen molar-refractivity contribution in [2.24, 2.45) is 0 Å². The molecule has 2 N–H and O–H groups in total. The van der Waals surface area contributed by atoms with Crippen molar-refractivity contribution in [1.82, 2.24) is 19.9 Å². The molecule has 0 saturated carbocycles. The molecule has 0 radical (unpaired) electrons. The Morgan fingerprint density at radius 1 is 0.639 bits per heavy atom. The summed E-state index contributed by atoms with van der Waals surface area (Å²) in [4.78, 5) is 16.3. The second-order valence-corrected chi connectivity index (χ2v) is 8.76. The van der Waals surface area contributed by atoms with Crippen molar-refractivity contribution >= 4 is 46.4 Å². The van der Waals surface area contributed by atoms with E-state index < -0.39 is 13.3 Å². The molecular formula is C28H28F2N4O2. The minimum atomic E-state index is -0.546. The molecule has 0 aliphatic carbocycles. The number of alkyl halides is 2. The molecule has 8 bridgehead atoms. The highest BCUT2D eigenvalue weighted by atomic mass is 19.1. The van der Waals surface area contributed by atoms with E-state index in [0.29, 0.717) is 0 Å². The molecule has 8 heteroatoms. The molecule has 36 heavy (non-hydrogen) atoms. The number of H-pyrrole nitrogens is 2. The minimum absolute atomic E-state index is 0.0242. The fraction of sp³-hybridized carbons (Fsp3) is 0.286. The lowest BCUT2D eigenvalue weighted by Crippen LogP contribution is -2.02. The molecule has 2 aliphatic heterocycles. The van der Waals surface area contributed by atoms with Gasteiger partial charge in [-0.15, -0.1) is 0 Å². The average molecular weight is 491 g/mol. The van der Waals surface area contributed by atoms with E-state index in [1.807, 2.05) is 74.5 Å². The molecule has 0 aromatic carbocycles. The molecule has 3 aromatic rings. The zero-order valence-electron chi connectivity index (χ0n) is 20.2. The Hall–Kier alpha value is -3.62. The molecule has 0 saturated heterocycles. The predicted octanol–water partition coefficient (Wildman–Crippen LogP) is 6.75. The maximum atomic E-state index is 12.8. The van der Waals surface area contributed by atoms with Crippen LogP contribution in [0.2, 0.25) is 0 Å². The molecule has 0 amide bonds. The Balaban J connectivity index is 1.76. The number of hydrogen-bond donors (Lipinski definition) is 2. The number of fused-ring (bicyclic) bond motifs is 8. The van der Waals surface area contributed by atoms with Crippen molar-refractivity contribution < 1.29 is 18.3 Å². The molecule has 2 unspecified atom stereocenters. The van der Waals surface area contributed by atoms with Crippen LogP contribution >= 0.6 is 0 Å². The van der Waals surface area contributed by atoms with Crippen LogP contribution in [-0.4, -0.2) is 46.5 Å². The fourth-order valence-corrected chi connectivity index (χ4v) is 4.43. The molecular weight excluding hydrogens is 462 g/mol. The first-order chi connectivity index (χ1) is 17.5. The summed E-state index contributed by atoms with van der Waals surface area (Å²) in [7, 11) is 0. The molecule has 2 aliphatic rings. The van der Waals surface area contributed by atoms with Gasteiger partial charge in [0.1, 0.15) is 13.3 Å². The SMILES string of the molecule is CC(OCCF)c1cc2cc3[nH]c(cc4nc(cc5nc(cc1[nH]2)C=C5)C=C4)cc3C(C)OCCF. The van der Waals surface area contributed by atoms with Gasteiger partial charge in [-0.1, -0.05) is 0 Å². The maximum Gasteiger partial charge on any atom is 0.113 e. The Morgan fingerprint density at radius 2 is 1.08 bits per heavy atom. The van der Waals surface area contributed by atoms with E-state index in [1.165, 1.54) is 0 Å². The van der Waals surface area contributed by atoms with Crippen LogP contribution in [0, 0.1) is 0 Å². The van der Waals surface area contributed by atoms with Gasteiger partial charge in [0.2, 0.25) is 0 Å². The molecule has 0 spiro atoms. The van der Waals surface area contributed by atoms with E-state index in [0.717, 1.165) is 56.0 Å². The summed E-state index contributed by atoms with van der Waals surface area (Å²) in [5.74, 6) is 0. The first-order valence-corrected chi connectivity index (χ1v) is 12.0. The van der Waals surface area contributed by atoms with Gasteiger partial charge >= 0.3 is 0 Å². The van der Waals surface area contributed by atoms with Crippen molar-refractivity contribution in [2.75, 3.05) is 26.6 Å². The van der Waals surface area contributed by atoms with E-state index in [9.17, 15) is 8.78 Å². The monoisotopic (exact) mass is 490 g/mol. The van der Waals surface area contributed by atoms with Crippen LogP contribution in [0.25, 0.3) is 46.4 Å². The van der Waals surface area contributed by atoms with Crippen molar-refractivity contribution in [3.8, 4) is 0 Å². The van der Waals surface area contributed by atoms with Crippen LogP contribution < -0.4 is 0 Å². The van der Waals surface area contributed by atoms with Crippen LogP contribution in [0.4, 0.5) is 8.78 Å². The standard InChI is InChI=1S/C28H28F2N4O2/c1-17(35-9-7-29)25-13-23-12-21-4-3-19(31-21)11-20-5-6-22(32-20)15-27-26(18(2)36-10-8-30)14-24(34-27)16-28(25)33-23/h3-6,11-18,33-34H,7-10H2,1-2H3. The van der Waals surface area contributed by atoms with Gasteiger partial charge in [0.05, 0.1) is 48.2 Å². The lowest BCUT2D eigenvalue weighted by atomic mass is 10.1. The number of hydrogen-bond acceptors (Lipinski definition) is 4. The Bertz CT molecular complexity index is 1470. The van der Waals surface area contributed by atoms with E-state index >= 15 is 0 Å². The van der Waals surface area contributed by atoms with Gasteiger partial charge in [0.25, 0.3) is 0 Å². The summed E-state index contributed by atoms with van der Waals surface area (Å²) in [6.07, 6.45) is 7.16. The smallest absolute Gasteiger partial charge is 0.113 e. The van der Waals surface area contributed by atoms with Gasteiger partial charge in [0.15, 0.2) is 0 Å². The number of ether oxygens (including phenoxy) is 2. The second kappa shape index (κ2) is 10.6. The van der Waals surface area contributed by atoms with Crippen LogP contribution in [0.3, 0.4) is 0 Å². The largest absolute Gasteiger partial charge is 0.371 e. The quantitative estimate of drug-likeness (QED) is 0.252. The van der Waals surface area contributed by atoms with Crippen LogP contribution in [0.15, 0.2) is 36.4 Å². The third kappa shape index (κ3) is 5.29. The summed E-state index contributed by atoms with van der Waals surface area (Å²) in [5, 5.41) is 0. The fourth-order valence-electron chi connectivity index (χ4n) is 4.43. The van der Waals surface area contributed by atoms with Crippen molar-refractivity contribution in [3.63, 3.8) is 0 Å². The third-order valence-corrected chi connectivity index (χ3v) is 6.13. The lowest BCUT2D eigenvalue weighted by Gasteiger charge is -2.10. The van der Waals surface area contributed by atoms with E-state index in [-0.39, 0.29) is 25.4 Å². The average Bonchev–Trinajstić information content (AvgIpc) is 3.65. The predicted molar refractivity (Wildman–Crippen MR) is 140 cm³/mol. The zero-order chi connectivity index (χ0) is 25.1. The zero-order valence-corrected chi connectivity index (χ0v) is 20.2. The number of aromatic nitrogens is 4. The van der Waals surface area contributed by atoms with Gasteiger partial charge in [-0.25, -0.2) is 18.7 Å². The number of nitrogens with one attached hydrogen (secondary N) is 2. The van der Waals surface area contributed by atoms with Gasteiger partial charge in [-0.2, -0.15) is 0 Å². The summed E-state index contributed by atoms with van der Waals surface area (Å²) < 4.78 is 36.9. The summed E-state index contributed by atoms with van der Waals surface area (Å²) in [5.41, 5.74) is 8.38. The summed E-state index contributed by atoms with van der Waals surface area (Å²) in [6.45, 7) is 2.76. The van der Waals surface area contributed by atoms with Gasteiger partial charge < -0.3 is 19.4 Å². The first-order valence-electron chi connectivity index (χ1n) is 12.0. The normalized spacial score (nSPS) is 14.3. The van der Waals surface area contributed by atoms with Crippen LogP contribution in [0.5, 0.6) is 0 Å². The van der Waals surface area contributed by atoms with E-state index in [2.05, 4.69) is 15.0 Å².